The molecule has 1 aliphatic rings. The fourth-order valence-corrected chi connectivity index (χ4v) is 3.28. The van der Waals surface area contributed by atoms with Crippen molar-refractivity contribution in [2.45, 2.75) is 45.2 Å². The van der Waals surface area contributed by atoms with E-state index >= 15 is 0 Å². The molecule has 0 aliphatic heterocycles. The maximum absolute atomic E-state index is 13.6. The van der Waals surface area contributed by atoms with Crippen molar-refractivity contribution in [3.8, 4) is 0 Å². The normalized spacial score (nSPS) is 13.8. The Kier molecular flexibility index (Phi) is 5.32. The fraction of sp³-hybridized carbons (Fsp3) is 0.381. The maximum atomic E-state index is 13.6. The zero-order chi connectivity index (χ0) is 19.5. The molecule has 5 nitrogen and oxygen atoms in total. The Balaban J connectivity index is 1.34. The predicted molar refractivity (Wildman–Crippen MR) is 100 cm³/mol. The van der Waals surface area contributed by atoms with E-state index in [4.69, 9.17) is 0 Å². The standard InChI is InChI=1S/C21H21F2N4O/c22-16-8-9-17(23)15(11-16)3-1-5-20(28)25-12-19-26-18-4-2-10-24-21(18)27(19)13-14-6-7-14/h2,4,8-11,14H,1,3,5-7,12-13H2. The van der Waals surface area contributed by atoms with Crippen LogP contribution in [0, 0.1) is 17.6 Å². The monoisotopic (exact) mass is 383 g/mol. The third kappa shape index (κ3) is 4.35. The highest BCUT2D eigenvalue weighted by atomic mass is 19.1. The lowest BCUT2D eigenvalue weighted by Crippen LogP contribution is -2.18. The van der Waals surface area contributed by atoms with E-state index in [0.29, 0.717) is 18.8 Å². The third-order valence-corrected chi connectivity index (χ3v) is 4.96. The summed E-state index contributed by atoms with van der Waals surface area (Å²) in [6.45, 7) is 1.06. The summed E-state index contributed by atoms with van der Waals surface area (Å²) in [7, 11) is 0. The van der Waals surface area contributed by atoms with E-state index in [1.807, 2.05) is 12.1 Å². The number of hydrogen-bond donors (Lipinski definition) is 0. The first-order chi connectivity index (χ1) is 13.6. The van der Waals surface area contributed by atoms with Gasteiger partial charge in [-0.2, -0.15) is 0 Å². The van der Waals surface area contributed by atoms with Crippen LogP contribution in [0.2, 0.25) is 0 Å². The smallest absolute Gasteiger partial charge is 0.241 e. The molecule has 1 radical (unpaired) electrons. The molecule has 1 amide bonds. The molecule has 2 heterocycles. The maximum Gasteiger partial charge on any atom is 0.241 e. The van der Waals surface area contributed by atoms with Crippen LogP contribution < -0.4 is 5.32 Å². The lowest BCUT2D eigenvalue weighted by atomic mass is 10.1. The quantitative estimate of drug-likeness (QED) is 0.595. The largest absolute Gasteiger partial charge is 0.311 e. The van der Waals surface area contributed by atoms with Gasteiger partial charge in [0.25, 0.3) is 0 Å². The van der Waals surface area contributed by atoms with Crippen LogP contribution in [0.1, 0.15) is 37.1 Å². The van der Waals surface area contributed by atoms with Crippen molar-refractivity contribution >= 4 is 17.1 Å². The molecule has 0 N–H and O–H groups in total. The zero-order valence-electron chi connectivity index (χ0n) is 15.4. The van der Waals surface area contributed by atoms with Crippen molar-refractivity contribution in [2.75, 3.05) is 0 Å². The van der Waals surface area contributed by atoms with Crippen molar-refractivity contribution in [1.82, 2.24) is 19.9 Å². The molecule has 1 saturated carbocycles. The topological polar surface area (TPSA) is 61.9 Å². The first-order valence-electron chi connectivity index (χ1n) is 9.54. The molecule has 28 heavy (non-hydrogen) atoms. The van der Waals surface area contributed by atoms with Crippen molar-refractivity contribution in [2.24, 2.45) is 5.92 Å². The summed E-state index contributed by atoms with van der Waals surface area (Å²) in [6.07, 6.45) is 5.07. The molecule has 145 valence electrons. The molecule has 4 rings (SSSR count). The summed E-state index contributed by atoms with van der Waals surface area (Å²) in [6, 6.07) is 7.11. The van der Waals surface area contributed by atoms with Crippen LogP contribution in [0.5, 0.6) is 0 Å². The molecular weight excluding hydrogens is 362 g/mol. The van der Waals surface area contributed by atoms with Gasteiger partial charge in [0.15, 0.2) is 5.65 Å². The number of imidazole rings is 1. The van der Waals surface area contributed by atoms with E-state index < -0.39 is 11.6 Å². The molecule has 1 aromatic carbocycles. The minimum absolute atomic E-state index is 0.192. The van der Waals surface area contributed by atoms with Gasteiger partial charge in [0, 0.05) is 19.2 Å². The number of carbonyl (C=O) groups excluding carboxylic acids is 1. The van der Waals surface area contributed by atoms with Gasteiger partial charge in [-0.25, -0.2) is 24.1 Å². The van der Waals surface area contributed by atoms with Gasteiger partial charge in [-0.1, -0.05) is 0 Å². The van der Waals surface area contributed by atoms with Gasteiger partial charge >= 0.3 is 0 Å². The number of carbonyl (C=O) groups is 1. The number of amides is 1. The minimum atomic E-state index is -0.476. The van der Waals surface area contributed by atoms with E-state index in [1.165, 1.54) is 18.9 Å². The van der Waals surface area contributed by atoms with Gasteiger partial charge in [-0.15, -0.1) is 0 Å². The van der Waals surface area contributed by atoms with Gasteiger partial charge < -0.3 is 4.57 Å². The van der Waals surface area contributed by atoms with Gasteiger partial charge in [0.1, 0.15) is 29.5 Å². The number of halogens is 2. The highest BCUT2D eigenvalue weighted by Gasteiger charge is 2.24. The Morgan fingerprint density at radius 3 is 2.93 bits per heavy atom. The van der Waals surface area contributed by atoms with Crippen LogP contribution in [0.3, 0.4) is 0 Å². The van der Waals surface area contributed by atoms with E-state index in [2.05, 4.69) is 19.9 Å². The van der Waals surface area contributed by atoms with Gasteiger partial charge in [0.05, 0.1) is 0 Å². The predicted octanol–water partition coefficient (Wildman–Crippen LogP) is 3.77. The van der Waals surface area contributed by atoms with E-state index in [-0.39, 0.29) is 24.4 Å². The summed E-state index contributed by atoms with van der Waals surface area (Å²) in [5, 5.41) is 4.13. The van der Waals surface area contributed by atoms with E-state index in [9.17, 15) is 13.6 Å². The summed E-state index contributed by atoms with van der Waals surface area (Å²) in [5.74, 6) is 0.206. The van der Waals surface area contributed by atoms with Crippen molar-refractivity contribution in [3.63, 3.8) is 0 Å². The molecule has 0 spiro atoms. The minimum Gasteiger partial charge on any atom is -0.311 e. The van der Waals surface area contributed by atoms with Crippen LogP contribution in [0.4, 0.5) is 8.78 Å². The molecule has 0 unspecified atom stereocenters. The highest BCUT2D eigenvalue weighted by Crippen LogP contribution is 2.32. The summed E-state index contributed by atoms with van der Waals surface area (Å²) in [5.41, 5.74) is 1.92. The van der Waals surface area contributed by atoms with Crippen molar-refractivity contribution in [3.05, 3.63) is 59.6 Å². The second-order valence-electron chi connectivity index (χ2n) is 7.23. The van der Waals surface area contributed by atoms with Gasteiger partial charge in [-0.05, 0) is 67.5 Å². The Hall–Kier alpha value is -2.83. The Morgan fingerprint density at radius 1 is 1.25 bits per heavy atom. The fourth-order valence-electron chi connectivity index (χ4n) is 3.28. The Bertz CT molecular complexity index is 997. The van der Waals surface area contributed by atoms with Crippen LogP contribution in [-0.4, -0.2) is 20.4 Å². The average molecular weight is 383 g/mol. The Labute approximate surface area is 161 Å². The van der Waals surface area contributed by atoms with E-state index in [0.717, 1.165) is 35.7 Å². The summed E-state index contributed by atoms with van der Waals surface area (Å²) < 4.78 is 28.9. The third-order valence-electron chi connectivity index (χ3n) is 4.96. The van der Waals surface area contributed by atoms with Gasteiger partial charge in [0.2, 0.25) is 5.91 Å². The average Bonchev–Trinajstić information content (AvgIpc) is 3.44. The van der Waals surface area contributed by atoms with Crippen LogP contribution in [0.15, 0.2) is 36.5 Å². The lowest BCUT2D eigenvalue weighted by molar-refractivity contribution is -0.121. The highest BCUT2D eigenvalue weighted by molar-refractivity contribution is 5.76. The molecule has 3 aromatic rings. The molecule has 0 saturated heterocycles. The Morgan fingerprint density at radius 2 is 2.11 bits per heavy atom. The molecule has 1 fully saturated rings. The molecule has 0 atom stereocenters. The second kappa shape index (κ2) is 8.04. The summed E-state index contributed by atoms with van der Waals surface area (Å²) in [4.78, 5) is 21.1. The van der Waals surface area contributed by atoms with E-state index in [1.54, 1.807) is 6.20 Å². The van der Waals surface area contributed by atoms with Crippen molar-refractivity contribution in [1.29, 1.82) is 0 Å². The first kappa shape index (κ1) is 18.5. The number of rotatable bonds is 8. The number of aryl methyl sites for hydroxylation is 1. The molecule has 0 bridgehead atoms. The number of fused-ring (bicyclic) bond motifs is 1. The van der Waals surface area contributed by atoms with Crippen LogP contribution in [-0.2, 0) is 24.3 Å². The number of benzene rings is 1. The van der Waals surface area contributed by atoms with Gasteiger partial charge in [-0.3, -0.25) is 4.79 Å². The number of aromatic nitrogens is 3. The molecule has 1 aliphatic carbocycles. The molecule has 2 aromatic heterocycles. The number of hydrogen-bond acceptors (Lipinski definition) is 3. The molecular formula is C21H21F2N4O. The number of nitrogens with zero attached hydrogens (tertiary/aromatic N) is 4. The second-order valence-corrected chi connectivity index (χ2v) is 7.23. The lowest BCUT2D eigenvalue weighted by Gasteiger charge is -2.08. The van der Waals surface area contributed by atoms with Crippen LogP contribution in [0.25, 0.3) is 11.2 Å². The number of pyridine rings is 1. The zero-order valence-corrected chi connectivity index (χ0v) is 15.4. The SMILES string of the molecule is O=C(CCCc1cc(F)ccc1F)[N]Cc1nc2cccnc2n1CC1CC1. The summed E-state index contributed by atoms with van der Waals surface area (Å²) >= 11 is 0. The molecule has 7 heteroatoms. The van der Waals surface area contributed by atoms with Crippen LogP contribution >= 0.6 is 0 Å². The van der Waals surface area contributed by atoms with Crippen molar-refractivity contribution < 1.29 is 13.6 Å². The first-order valence-corrected chi connectivity index (χ1v) is 9.54.